The van der Waals surface area contributed by atoms with Crippen LogP contribution in [0.4, 0.5) is 27.9 Å². The number of nitrogens with zero attached hydrogens (tertiary/aromatic N) is 6. The first kappa shape index (κ1) is 26.0. The van der Waals surface area contributed by atoms with Gasteiger partial charge in [0.05, 0.1) is 17.2 Å². The predicted octanol–water partition coefficient (Wildman–Crippen LogP) is 3.28. The van der Waals surface area contributed by atoms with Gasteiger partial charge >= 0.3 is 6.18 Å². The fraction of sp³-hybridized carbons (Fsp3) is 0.476. The normalized spacial score (nSPS) is 17.8. The van der Waals surface area contributed by atoms with E-state index in [1.807, 2.05) is 11.8 Å². The van der Waals surface area contributed by atoms with Gasteiger partial charge in [-0.25, -0.2) is 26.9 Å². The van der Waals surface area contributed by atoms with Gasteiger partial charge in [-0.2, -0.15) is 27.6 Å². The van der Waals surface area contributed by atoms with E-state index in [2.05, 4.69) is 15.1 Å². The molecule has 4 rings (SSSR count). The molecule has 3 aromatic rings. The van der Waals surface area contributed by atoms with Gasteiger partial charge in [0.2, 0.25) is 16.0 Å². The lowest BCUT2D eigenvalue weighted by atomic mass is 10.0. The fourth-order valence-electron chi connectivity index (χ4n) is 4.34. The number of hydrogen-bond donors (Lipinski definition) is 1. The lowest BCUT2D eigenvalue weighted by Gasteiger charge is -2.40. The number of aromatic hydroxyl groups is 1. The molecule has 36 heavy (non-hydrogen) atoms. The van der Waals surface area contributed by atoms with Crippen molar-refractivity contribution in [3.05, 3.63) is 29.5 Å². The molecule has 1 fully saturated rings. The van der Waals surface area contributed by atoms with Crippen LogP contribution in [0.1, 0.15) is 25.3 Å². The number of halogens is 5. The Balaban J connectivity index is 1.79. The Hall–Kier alpha value is -3.07. The average Bonchev–Trinajstić information content (AvgIpc) is 3.12. The summed E-state index contributed by atoms with van der Waals surface area (Å²) in [4.78, 5) is 10.6. The lowest BCUT2D eigenvalue weighted by Crippen LogP contribution is -2.55. The van der Waals surface area contributed by atoms with Crippen LogP contribution in [0.3, 0.4) is 0 Å². The number of phenols is 1. The molecule has 0 bridgehead atoms. The van der Waals surface area contributed by atoms with Gasteiger partial charge in [0, 0.05) is 44.5 Å². The third-order valence-corrected chi connectivity index (χ3v) is 7.37. The average molecular weight is 535 g/mol. The van der Waals surface area contributed by atoms with E-state index in [0.29, 0.717) is 13.0 Å². The Morgan fingerprint density at radius 2 is 1.89 bits per heavy atom. The monoisotopic (exact) mass is 534 g/mol. The molecule has 1 aliphatic heterocycles. The van der Waals surface area contributed by atoms with Gasteiger partial charge in [-0.15, -0.1) is 0 Å². The van der Waals surface area contributed by atoms with Crippen molar-refractivity contribution >= 4 is 27.0 Å². The quantitative estimate of drug-likeness (QED) is 0.501. The van der Waals surface area contributed by atoms with Crippen molar-refractivity contribution in [3.8, 4) is 17.0 Å². The van der Waals surface area contributed by atoms with Gasteiger partial charge in [-0.3, -0.25) is 0 Å². The number of aryl methyl sites for hydroxylation is 1. The predicted molar refractivity (Wildman–Crippen MR) is 121 cm³/mol. The molecule has 0 saturated carbocycles. The minimum atomic E-state index is -5.18. The number of alkyl halides is 3. The Morgan fingerprint density at radius 3 is 2.50 bits per heavy atom. The smallest absolute Gasteiger partial charge is 0.419 e. The number of piperazine rings is 1. The molecule has 15 heteroatoms. The number of benzene rings is 1. The van der Waals surface area contributed by atoms with Gasteiger partial charge in [0.1, 0.15) is 5.69 Å². The summed E-state index contributed by atoms with van der Waals surface area (Å²) in [5.41, 5.74) is -2.73. The zero-order chi connectivity index (χ0) is 26.6. The first-order chi connectivity index (χ1) is 16.7. The summed E-state index contributed by atoms with van der Waals surface area (Å²) in [5.74, 6) is -5.22. The van der Waals surface area contributed by atoms with Crippen molar-refractivity contribution in [2.24, 2.45) is 7.05 Å². The maximum Gasteiger partial charge on any atom is 0.419 e. The van der Waals surface area contributed by atoms with Crippen molar-refractivity contribution < 1.29 is 35.5 Å². The molecule has 3 heterocycles. The first-order valence-electron chi connectivity index (χ1n) is 10.9. The molecule has 9 nitrogen and oxygen atoms in total. The molecule has 196 valence electrons. The van der Waals surface area contributed by atoms with Crippen LogP contribution in [0.2, 0.25) is 0 Å². The highest BCUT2D eigenvalue weighted by Crippen LogP contribution is 2.41. The van der Waals surface area contributed by atoms with Crippen LogP contribution >= 0.6 is 0 Å². The van der Waals surface area contributed by atoms with E-state index in [9.17, 15) is 35.5 Å². The molecular weight excluding hydrogens is 511 g/mol. The van der Waals surface area contributed by atoms with E-state index < -0.39 is 44.7 Å². The third-order valence-electron chi connectivity index (χ3n) is 6.10. The maximum atomic E-state index is 14.7. The van der Waals surface area contributed by atoms with E-state index in [1.54, 1.807) is 0 Å². The number of phenolic OH excluding ortho intramolecular Hbond substituents is 1. The Morgan fingerprint density at radius 1 is 1.19 bits per heavy atom. The summed E-state index contributed by atoms with van der Waals surface area (Å²) in [6, 6.07) is 0.0336. The minimum Gasteiger partial charge on any atom is -0.503 e. The van der Waals surface area contributed by atoms with Crippen LogP contribution in [-0.4, -0.2) is 69.5 Å². The van der Waals surface area contributed by atoms with Crippen molar-refractivity contribution in [2.75, 3.05) is 30.8 Å². The molecule has 2 aromatic heterocycles. The number of anilines is 1. The van der Waals surface area contributed by atoms with E-state index >= 15 is 0 Å². The second-order valence-electron chi connectivity index (χ2n) is 8.58. The summed E-state index contributed by atoms with van der Waals surface area (Å²) in [5, 5.41) is 13.8. The van der Waals surface area contributed by atoms with Crippen LogP contribution < -0.4 is 4.90 Å². The highest BCUT2D eigenvalue weighted by Gasteiger charge is 2.38. The number of sulfonamides is 1. The zero-order valence-electron chi connectivity index (χ0n) is 19.5. The molecule has 1 atom stereocenters. The summed E-state index contributed by atoms with van der Waals surface area (Å²) >= 11 is 0. The number of rotatable bonds is 5. The SMILES string of the molecule is CCC[C@@H]1CN(S(C)(=O)=O)CCN1c1ncc2c(-c3cc(C(F)(F)F)c(F)c(O)c3F)nn(C)c2n1. The van der Waals surface area contributed by atoms with Gasteiger partial charge in [-0.1, -0.05) is 13.3 Å². The molecule has 1 N–H and O–H groups in total. The summed E-state index contributed by atoms with van der Waals surface area (Å²) in [6.07, 6.45) is -1.35. The second-order valence-corrected chi connectivity index (χ2v) is 10.6. The minimum absolute atomic E-state index is 0.0843. The molecule has 1 aromatic carbocycles. The van der Waals surface area contributed by atoms with Gasteiger partial charge in [0.15, 0.2) is 23.0 Å². The molecule has 0 amide bonds. The van der Waals surface area contributed by atoms with Crippen LogP contribution in [0.15, 0.2) is 12.3 Å². The number of hydrogen-bond acceptors (Lipinski definition) is 7. The molecular formula is C21H23F5N6O3S. The Kier molecular flexibility index (Phi) is 6.58. The lowest BCUT2D eigenvalue weighted by molar-refractivity contribution is -0.140. The van der Waals surface area contributed by atoms with Crippen molar-refractivity contribution in [1.82, 2.24) is 24.1 Å². The van der Waals surface area contributed by atoms with Crippen LogP contribution in [0.25, 0.3) is 22.3 Å². The molecule has 1 aliphatic rings. The summed E-state index contributed by atoms with van der Waals surface area (Å²) in [6.45, 7) is 2.72. The first-order valence-corrected chi connectivity index (χ1v) is 12.8. The van der Waals surface area contributed by atoms with E-state index in [4.69, 9.17) is 0 Å². The van der Waals surface area contributed by atoms with Gasteiger partial charge in [0.25, 0.3) is 0 Å². The largest absolute Gasteiger partial charge is 0.503 e. The van der Waals surface area contributed by atoms with Crippen LogP contribution in [0, 0.1) is 11.6 Å². The van der Waals surface area contributed by atoms with E-state index in [-0.39, 0.29) is 47.9 Å². The molecule has 0 radical (unpaired) electrons. The number of fused-ring (bicyclic) bond motifs is 1. The zero-order valence-corrected chi connectivity index (χ0v) is 20.3. The van der Waals surface area contributed by atoms with Crippen LogP contribution in [0.5, 0.6) is 5.75 Å². The van der Waals surface area contributed by atoms with Gasteiger partial charge < -0.3 is 10.0 Å². The summed E-state index contributed by atoms with van der Waals surface area (Å²) in [7, 11) is -1.94. The van der Waals surface area contributed by atoms with Crippen molar-refractivity contribution in [1.29, 1.82) is 0 Å². The summed E-state index contributed by atoms with van der Waals surface area (Å²) < 4.78 is 95.0. The molecule has 0 unspecified atom stereocenters. The molecule has 0 aliphatic carbocycles. The fourth-order valence-corrected chi connectivity index (χ4v) is 5.20. The van der Waals surface area contributed by atoms with E-state index in [1.165, 1.54) is 22.2 Å². The third kappa shape index (κ3) is 4.56. The Bertz CT molecular complexity index is 1430. The molecule has 0 spiro atoms. The Labute approximate surface area is 203 Å². The number of aromatic nitrogens is 4. The van der Waals surface area contributed by atoms with Gasteiger partial charge in [-0.05, 0) is 12.5 Å². The maximum absolute atomic E-state index is 14.7. The topological polar surface area (TPSA) is 104 Å². The van der Waals surface area contributed by atoms with Crippen molar-refractivity contribution in [2.45, 2.75) is 32.0 Å². The standard InChI is InChI=1S/C21H23F5N6O3S/c1-4-5-11-10-31(36(3,34)35)6-7-32(11)20-27-9-13-17(29-30(2)19(13)28-20)12-8-14(21(24,25)26)16(23)18(33)15(12)22/h8-9,11,33H,4-7,10H2,1-3H3/t11-/m1/s1. The molecule has 1 saturated heterocycles. The van der Waals surface area contributed by atoms with Crippen LogP contribution in [-0.2, 0) is 23.2 Å². The second kappa shape index (κ2) is 9.10. The highest BCUT2D eigenvalue weighted by atomic mass is 32.2. The van der Waals surface area contributed by atoms with E-state index in [0.717, 1.165) is 12.7 Å². The highest BCUT2D eigenvalue weighted by molar-refractivity contribution is 7.88. The van der Waals surface area contributed by atoms with Crippen molar-refractivity contribution in [3.63, 3.8) is 0 Å².